The number of Topliss-reactive ketones (excluding diaryl/α,β-unsaturated/α-hetero) is 1. The molecule has 0 N–H and O–H groups in total. The fourth-order valence-corrected chi connectivity index (χ4v) is 0.836. The van der Waals surface area contributed by atoms with E-state index >= 15 is 0 Å². The Morgan fingerprint density at radius 1 is 1.27 bits per heavy atom. The minimum absolute atomic E-state index is 0. The molecule has 0 aromatic heterocycles. The fraction of sp³-hybridized carbons (Fsp3) is 0.250. The summed E-state index contributed by atoms with van der Waals surface area (Å²) in [7, 11) is 0. The molecule has 55 valence electrons. The molecule has 0 amide bonds. The Balaban J connectivity index is 0.000001000. The monoisotopic (exact) mass is 224 g/mol. The molecule has 0 saturated heterocycles. The average molecular weight is 224 g/mol. The first-order valence-corrected chi connectivity index (χ1v) is 2.99. The third-order valence-corrected chi connectivity index (χ3v) is 1.36. The Labute approximate surface area is 90.6 Å². The third-order valence-electron chi connectivity index (χ3n) is 1.36. The largest absolute Gasteiger partial charge is 0.366 e. The predicted octanol–water partition coefficient (Wildman–Crippen LogP) is 0.831. The summed E-state index contributed by atoms with van der Waals surface area (Å²) in [6, 6.07) is 0. The van der Waals surface area contributed by atoms with Crippen LogP contribution in [0.25, 0.3) is 0 Å². The Morgan fingerprint density at radius 2 is 1.82 bits per heavy atom. The molecule has 2 nitrogen and oxygen atoms in total. The maximum Gasteiger partial charge on any atom is 0.0703 e. The van der Waals surface area contributed by atoms with Gasteiger partial charge in [0.2, 0.25) is 0 Å². The molecule has 0 atom stereocenters. The molecule has 3 heteroatoms. The van der Waals surface area contributed by atoms with E-state index in [2.05, 4.69) is 6.08 Å². The van der Waals surface area contributed by atoms with Crippen LogP contribution < -0.4 is 0 Å². The van der Waals surface area contributed by atoms with Crippen molar-refractivity contribution in [2.75, 3.05) is 0 Å². The standard InChI is InChI=1S/C8H7O2.Y/c1-5-3-7(9)4-6(2)8(5)10;/h3H,1-2H3;/q-1;. The van der Waals surface area contributed by atoms with Crippen molar-refractivity contribution in [3.63, 3.8) is 0 Å². The average Bonchev–Trinajstić information content (AvgIpc) is 1.82. The van der Waals surface area contributed by atoms with Crippen LogP contribution in [0.1, 0.15) is 13.8 Å². The molecular formula is C8H7O2Y-. The molecule has 1 radical (unpaired) electrons. The SMILES string of the molecule is CC1=[C-]C(=O)C=C(C)C1=O.[Y]. The van der Waals surface area contributed by atoms with Gasteiger partial charge >= 0.3 is 0 Å². The summed E-state index contributed by atoms with van der Waals surface area (Å²) < 4.78 is 0. The molecule has 11 heavy (non-hydrogen) atoms. The maximum absolute atomic E-state index is 11.0. The van der Waals surface area contributed by atoms with Crippen LogP contribution in [-0.4, -0.2) is 11.6 Å². The van der Waals surface area contributed by atoms with Gasteiger partial charge < -0.3 is 9.59 Å². The second-order valence-electron chi connectivity index (χ2n) is 2.27. The minimum Gasteiger partial charge on any atom is -0.366 e. The molecule has 0 fully saturated rings. The molecule has 0 heterocycles. The molecular weight excluding hydrogens is 217 g/mol. The molecule has 0 aromatic rings. The van der Waals surface area contributed by atoms with Crippen LogP contribution in [0.3, 0.4) is 0 Å². The molecule has 0 aromatic carbocycles. The zero-order chi connectivity index (χ0) is 7.72. The smallest absolute Gasteiger partial charge is 0.0703 e. The van der Waals surface area contributed by atoms with Gasteiger partial charge in [-0.1, -0.05) is 13.8 Å². The van der Waals surface area contributed by atoms with Crippen molar-refractivity contribution in [3.05, 3.63) is 23.3 Å². The van der Waals surface area contributed by atoms with E-state index in [1.807, 2.05) is 0 Å². The van der Waals surface area contributed by atoms with Crippen molar-refractivity contribution in [3.8, 4) is 0 Å². The fourth-order valence-electron chi connectivity index (χ4n) is 0.836. The molecule has 0 unspecified atom stereocenters. The van der Waals surface area contributed by atoms with Gasteiger partial charge in [0.05, 0.1) is 11.6 Å². The van der Waals surface area contributed by atoms with E-state index in [9.17, 15) is 9.59 Å². The van der Waals surface area contributed by atoms with Crippen LogP contribution in [0.2, 0.25) is 0 Å². The van der Waals surface area contributed by atoms with Crippen LogP contribution in [-0.2, 0) is 42.3 Å². The third kappa shape index (κ3) is 2.46. The first-order chi connectivity index (χ1) is 4.61. The first kappa shape index (κ1) is 10.9. The molecule has 0 spiro atoms. The topological polar surface area (TPSA) is 34.1 Å². The molecule has 1 rings (SSSR count). The molecule has 0 aliphatic heterocycles. The van der Waals surface area contributed by atoms with E-state index < -0.39 is 0 Å². The van der Waals surface area contributed by atoms with E-state index in [1.165, 1.54) is 6.08 Å². The number of carbonyl (C=O) groups is 2. The van der Waals surface area contributed by atoms with Gasteiger partial charge in [0.15, 0.2) is 0 Å². The normalized spacial score (nSPS) is 16.9. The van der Waals surface area contributed by atoms with E-state index in [0.29, 0.717) is 11.1 Å². The van der Waals surface area contributed by atoms with Crippen LogP contribution in [0.15, 0.2) is 17.2 Å². The van der Waals surface area contributed by atoms with E-state index in [4.69, 9.17) is 0 Å². The van der Waals surface area contributed by atoms with E-state index in [1.54, 1.807) is 13.8 Å². The maximum atomic E-state index is 11.0. The summed E-state index contributed by atoms with van der Waals surface area (Å²) >= 11 is 0. The Kier molecular flexibility index (Phi) is 4.05. The van der Waals surface area contributed by atoms with Gasteiger partial charge in [0.25, 0.3) is 0 Å². The molecule has 0 bridgehead atoms. The van der Waals surface area contributed by atoms with Crippen molar-refractivity contribution in [1.82, 2.24) is 0 Å². The van der Waals surface area contributed by atoms with Gasteiger partial charge in [0.1, 0.15) is 0 Å². The second kappa shape index (κ2) is 4.08. The zero-order valence-corrected chi connectivity index (χ0v) is 9.31. The minimum atomic E-state index is -0.213. The number of hydrogen-bond acceptors (Lipinski definition) is 2. The summed E-state index contributed by atoms with van der Waals surface area (Å²) in [5.74, 6) is -0.297. The Hall–Kier alpha value is -0.0761. The van der Waals surface area contributed by atoms with Gasteiger partial charge in [-0.15, -0.1) is 23.3 Å². The van der Waals surface area contributed by atoms with Gasteiger partial charge in [0, 0.05) is 32.7 Å². The van der Waals surface area contributed by atoms with E-state index in [0.717, 1.165) is 0 Å². The number of rotatable bonds is 0. The molecule has 0 saturated carbocycles. The van der Waals surface area contributed by atoms with Crippen LogP contribution in [0.5, 0.6) is 0 Å². The summed E-state index contributed by atoms with van der Waals surface area (Å²) in [5, 5.41) is 0. The van der Waals surface area contributed by atoms with Gasteiger partial charge in [-0.05, 0) is 0 Å². The van der Waals surface area contributed by atoms with Crippen molar-refractivity contribution in [1.29, 1.82) is 0 Å². The van der Waals surface area contributed by atoms with Gasteiger partial charge in [-0.2, -0.15) is 0 Å². The van der Waals surface area contributed by atoms with Crippen molar-refractivity contribution >= 4 is 11.6 Å². The van der Waals surface area contributed by atoms with Gasteiger partial charge in [-0.25, -0.2) is 0 Å². The molecule has 1 aliphatic carbocycles. The Morgan fingerprint density at radius 3 is 2.27 bits per heavy atom. The van der Waals surface area contributed by atoms with E-state index in [-0.39, 0.29) is 44.3 Å². The zero-order valence-electron chi connectivity index (χ0n) is 6.47. The number of allylic oxidation sites excluding steroid dienone is 4. The quantitative estimate of drug-likeness (QED) is 0.451. The molecule has 1 aliphatic rings. The number of ketones is 2. The Bertz CT molecular complexity index is 237. The second-order valence-corrected chi connectivity index (χ2v) is 2.27. The summed E-state index contributed by atoms with van der Waals surface area (Å²) in [5.41, 5.74) is 0.909. The summed E-state index contributed by atoms with van der Waals surface area (Å²) in [6.45, 7) is 3.22. The van der Waals surface area contributed by atoms with Crippen LogP contribution >= 0.6 is 0 Å². The first-order valence-electron chi connectivity index (χ1n) is 2.99. The van der Waals surface area contributed by atoms with Crippen LogP contribution in [0.4, 0.5) is 0 Å². The number of carbonyl (C=O) groups excluding carboxylic acids is 2. The van der Waals surface area contributed by atoms with Crippen molar-refractivity contribution in [2.24, 2.45) is 0 Å². The number of hydrogen-bond donors (Lipinski definition) is 0. The predicted molar refractivity (Wildman–Crippen MR) is 36.2 cm³/mol. The van der Waals surface area contributed by atoms with Crippen molar-refractivity contribution in [2.45, 2.75) is 13.8 Å². The van der Waals surface area contributed by atoms with Crippen LogP contribution in [0, 0.1) is 6.08 Å². The summed E-state index contributed by atoms with van der Waals surface area (Å²) in [6.07, 6.45) is 3.71. The van der Waals surface area contributed by atoms with Crippen molar-refractivity contribution < 1.29 is 42.3 Å². The summed E-state index contributed by atoms with van der Waals surface area (Å²) in [4.78, 5) is 21.6. The van der Waals surface area contributed by atoms with Gasteiger partial charge in [-0.3, -0.25) is 0 Å².